The summed E-state index contributed by atoms with van der Waals surface area (Å²) in [4.78, 5) is 55.4. The summed E-state index contributed by atoms with van der Waals surface area (Å²) >= 11 is 4.20. The number of carbonyl (C=O) groups is 5. The summed E-state index contributed by atoms with van der Waals surface area (Å²) in [6.07, 6.45) is -1.67. The second-order valence-corrected chi connectivity index (χ2v) is 15.1. The van der Waals surface area contributed by atoms with Crippen molar-refractivity contribution in [3.8, 4) is 17.2 Å². The van der Waals surface area contributed by atoms with Crippen molar-refractivity contribution < 1.29 is 57.5 Å². The summed E-state index contributed by atoms with van der Waals surface area (Å²) < 4.78 is 31.1. The number of aromatic hydroxyl groups is 1. The van der Waals surface area contributed by atoms with Gasteiger partial charge in [0.2, 0.25) is 0 Å². The van der Waals surface area contributed by atoms with Gasteiger partial charge in [-0.15, -0.1) is 0 Å². The molecule has 0 radical (unpaired) electrons. The van der Waals surface area contributed by atoms with Gasteiger partial charge in [-0.3, -0.25) is 9.59 Å². The first-order chi connectivity index (χ1) is 21.3. The van der Waals surface area contributed by atoms with Gasteiger partial charge in [0.1, 0.15) is 28.3 Å². The van der Waals surface area contributed by atoms with E-state index in [0.717, 1.165) is 18.3 Å². The van der Waals surface area contributed by atoms with Crippen LogP contribution in [0.4, 0.5) is 14.4 Å². The third-order valence-electron chi connectivity index (χ3n) is 5.25. The number of rotatable bonds is 4. The minimum Gasteiger partial charge on any atom is -0.507 e. The van der Waals surface area contributed by atoms with Crippen molar-refractivity contribution in [1.82, 2.24) is 0 Å². The first-order valence-corrected chi connectivity index (χ1v) is 16.2. The second kappa shape index (κ2) is 18.4. The van der Waals surface area contributed by atoms with Crippen molar-refractivity contribution in [3.05, 3.63) is 47.1 Å². The molecular formula is C33H44I2O12. The number of ether oxygens (including phenoxy) is 6. The zero-order valence-corrected chi connectivity index (χ0v) is 33.3. The van der Waals surface area contributed by atoms with Crippen LogP contribution in [0.3, 0.4) is 0 Å². The van der Waals surface area contributed by atoms with E-state index in [1.807, 2.05) is 6.92 Å². The molecule has 14 heteroatoms. The molecule has 0 saturated carbocycles. The molecule has 2 aromatic rings. The lowest BCUT2D eigenvalue weighted by molar-refractivity contribution is -0.0294. The van der Waals surface area contributed by atoms with Gasteiger partial charge in [0.25, 0.3) is 0 Å². The number of hydrogen-bond donors (Lipinski definition) is 1. The van der Waals surface area contributed by atoms with Gasteiger partial charge >= 0.3 is 18.5 Å². The van der Waals surface area contributed by atoms with Crippen LogP contribution in [-0.4, -0.2) is 60.1 Å². The number of benzene rings is 2. The summed E-state index contributed by atoms with van der Waals surface area (Å²) in [7, 11) is 1.52. The van der Waals surface area contributed by atoms with E-state index in [1.54, 1.807) is 88.3 Å². The molecule has 0 aliphatic carbocycles. The Morgan fingerprint density at radius 3 is 1.43 bits per heavy atom. The maximum Gasteiger partial charge on any atom is 0.519 e. The Balaban J connectivity index is 0.000000700. The number of hydrogen-bond acceptors (Lipinski definition) is 12. The third kappa shape index (κ3) is 16.5. The largest absolute Gasteiger partial charge is 0.519 e. The van der Waals surface area contributed by atoms with Crippen molar-refractivity contribution in [3.63, 3.8) is 0 Å². The number of phenolic OH excluding ortho intramolecular Hbond substituents is 1. The Morgan fingerprint density at radius 2 is 1.04 bits per heavy atom. The van der Waals surface area contributed by atoms with Gasteiger partial charge in [-0.25, -0.2) is 14.4 Å². The molecule has 0 saturated heterocycles. The maximum atomic E-state index is 11.7. The molecule has 0 heterocycles. The van der Waals surface area contributed by atoms with Gasteiger partial charge in [-0.1, -0.05) is 0 Å². The van der Waals surface area contributed by atoms with Crippen LogP contribution in [0.25, 0.3) is 0 Å². The van der Waals surface area contributed by atoms with Gasteiger partial charge in [0, 0.05) is 9.13 Å². The van der Waals surface area contributed by atoms with E-state index in [4.69, 9.17) is 23.7 Å². The van der Waals surface area contributed by atoms with Crippen LogP contribution in [0, 0.1) is 27.9 Å². The van der Waals surface area contributed by atoms with Crippen LogP contribution in [0.15, 0.2) is 12.1 Å². The summed E-state index contributed by atoms with van der Waals surface area (Å²) in [5.41, 5.74) is 0.966. The van der Waals surface area contributed by atoms with Crippen LogP contribution in [0.5, 0.6) is 17.2 Å². The van der Waals surface area contributed by atoms with E-state index in [-0.39, 0.29) is 17.1 Å². The van der Waals surface area contributed by atoms with Crippen LogP contribution >= 0.6 is 45.2 Å². The summed E-state index contributed by atoms with van der Waals surface area (Å²) in [5, 5.41) is 9.47. The smallest absolute Gasteiger partial charge is 0.507 e. The van der Waals surface area contributed by atoms with Gasteiger partial charge in [0.05, 0.1) is 21.8 Å². The molecule has 2 rings (SSSR count). The van der Waals surface area contributed by atoms with Crippen LogP contribution < -0.4 is 9.47 Å². The Hall–Kier alpha value is -3.15. The molecule has 0 aliphatic heterocycles. The molecule has 0 unspecified atom stereocenters. The highest BCUT2D eigenvalue weighted by molar-refractivity contribution is 14.1. The number of methoxy groups -OCH3 is 1. The lowest BCUT2D eigenvalue weighted by Crippen LogP contribution is -2.29. The molecule has 0 atom stereocenters. The predicted octanol–water partition coefficient (Wildman–Crippen LogP) is 9.03. The molecule has 0 aromatic heterocycles. The lowest BCUT2D eigenvalue weighted by Gasteiger charge is -2.20. The van der Waals surface area contributed by atoms with Crippen molar-refractivity contribution in [2.45, 2.75) is 99.9 Å². The summed E-state index contributed by atoms with van der Waals surface area (Å²) in [6, 6.07) is 3.28. The fourth-order valence-electron chi connectivity index (χ4n) is 3.18. The van der Waals surface area contributed by atoms with Crippen LogP contribution in [-0.2, 0) is 18.9 Å². The van der Waals surface area contributed by atoms with E-state index in [1.165, 1.54) is 7.11 Å². The van der Waals surface area contributed by atoms with E-state index >= 15 is 0 Å². The first kappa shape index (κ1) is 43.9. The number of phenols is 1. The zero-order valence-electron chi connectivity index (χ0n) is 29.0. The van der Waals surface area contributed by atoms with E-state index in [2.05, 4.69) is 49.9 Å². The zero-order chi connectivity index (χ0) is 37.1. The van der Waals surface area contributed by atoms with Crippen LogP contribution in [0.2, 0.25) is 0 Å². The van der Waals surface area contributed by atoms with Crippen molar-refractivity contribution in [2.24, 2.45) is 0 Å². The van der Waals surface area contributed by atoms with Crippen LogP contribution in [0.1, 0.15) is 99.7 Å². The topological polar surface area (TPSA) is 161 Å². The monoisotopic (exact) mass is 886 g/mol. The highest BCUT2D eigenvalue weighted by Crippen LogP contribution is 2.35. The van der Waals surface area contributed by atoms with E-state index in [0.29, 0.717) is 29.4 Å². The van der Waals surface area contributed by atoms with Gasteiger partial charge in [-0.05, 0) is 152 Å². The Labute approximate surface area is 303 Å². The SMILES string of the molecule is CC(C)(C)OC(=O)OC(=O)OC(C)(C)C.COc1c(I)cc(C=O)c(OC(=O)OC(C)(C)C)c1C.Cc1c(I)cc(C=O)c(O)c1C. The lowest BCUT2D eigenvalue weighted by atomic mass is 10.1. The molecule has 0 amide bonds. The molecule has 12 nitrogen and oxygen atoms in total. The van der Waals surface area contributed by atoms with Gasteiger partial charge in [-0.2, -0.15) is 0 Å². The molecule has 262 valence electrons. The molecule has 0 bridgehead atoms. The van der Waals surface area contributed by atoms with Crippen molar-refractivity contribution in [1.29, 1.82) is 0 Å². The third-order valence-corrected chi connectivity index (χ3v) is 7.17. The minimum absolute atomic E-state index is 0.0999. The first-order valence-electron chi connectivity index (χ1n) is 14.1. The van der Waals surface area contributed by atoms with Gasteiger partial charge < -0.3 is 33.5 Å². The second-order valence-electron chi connectivity index (χ2n) is 12.8. The number of carbonyl (C=O) groups excluding carboxylic acids is 5. The molecule has 2 aromatic carbocycles. The van der Waals surface area contributed by atoms with E-state index in [9.17, 15) is 29.1 Å². The van der Waals surface area contributed by atoms with Crippen molar-refractivity contribution in [2.75, 3.05) is 7.11 Å². The normalized spacial score (nSPS) is 11.0. The average Bonchev–Trinajstić information content (AvgIpc) is 2.88. The quantitative estimate of drug-likeness (QED) is 0.0776. The standard InChI is InChI=1S/C14H17IO5.C10H18O5.C9H9IO2/c1-8-11(19-13(17)20-14(2,3)4)9(7-16)6-10(15)12(8)18-5;1-9(2,3)14-7(11)13-8(12)15-10(4,5)6;1-5-6(2)9(12)7(4-11)3-8(5)10/h6-7H,1-5H3;1-6H3;3-4,12H,1-2H3. The number of aldehydes is 2. The number of halogens is 2. The predicted molar refractivity (Wildman–Crippen MR) is 192 cm³/mol. The molecule has 0 fully saturated rings. The van der Waals surface area contributed by atoms with Crippen molar-refractivity contribution >= 4 is 76.2 Å². The molecule has 1 N–H and O–H groups in total. The molecular weight excluding hydrogens is 842 g/mol. The molecule has 0 aliphatic rings. The Morgan fingerprint density at radius 1 is 0.638 bits per heavy atom. The summed E-state index contributed by atoms with van der Waals surface area (Å²) in [6.45, 7) is 20.7. The highest BCUT2D eigenvalue weighted by Gasteiger charge is 2.25. The molecule has 47 heavy (non-hydrogen) atoms. The average molecular weight is 887 g/mol. The Bertz CT molecular complexity index is 1420. The fraction of sp³-hybridized carbons (Fsp3) is 0.485. The highest BCUT2D eigenvalue weighted by atomic mass is 127. The fourth-order valence-corrected chi connectivity index (χ4v) is 4.88. The molecule has 0 spiro atoms. The van der Waals surface area contributed by atoms with Gasteiger partial charge in [0.15, 0.2) is 18.3 Å². The summed E-state index contributed by atoms with van der Waals surface area (Å²) in [5.74, 6) is 0.823. The van der Waals surface area contributed by atoms with E-state index < -0.39 is 35.3 Å². The maximum absolute atomic E-state index is 11.7. The Kier molecular flexibility index (Phi) is 17.2. The minimum atomic E-state index is -1.06.